The van der Waals surface area contributed by atoms with Gasteiger partial charge in [0.1, 0.15) is 0 Å². The lowest BCUT2D eigenvalue weighted by molar-refractivity contribution is 0.465. The second kappa shape index (κ2) is 6.62. The number of benzene rings is 1. The monoisotopic (exact) mass is 377 g/mol. The highest BCUT2D eigenvalue weighted by atomic mass is 32.1. The Kier molecular flexibility index (Phi) is 4.10. The molecule has 5 nitrogen and oxygen atoms in total. The molecule has 1 aliphatic heterocycles. The van der Waals surface area contributed by atoms with Crippen LogP contribution in [0.5, 0.6) is 0 Å². The Morgan fingerprint density at radius 3 is 2.89 bits per heavy atom. The van der Waals surface area contributed by atoms with Gasteiger partial charge in [-0.05, 0) is 44.0 Å². The van der Waals surface area contributed by atoms with Crippen LogP contribution in [-0.2, 0) is 6.42 Å². The smallest absolute Gasteiger partial charge is 0.0963 e. The van der Waals surface area contributed by atoms with Crippen LogP contribution in [0.2, 0.25) is 0 Å². The van der Waals surface area contributed by atoms with Crippen LogP contribution >= 0.6 is 11.3 Å². The maximum Gasteiger partial charge on any atom is 0.0963 e. The lowest BCUT2D eigenvalue weighted by Gasteiger charge is -2.21. The summed E-state index contributed by atoms with van der Waals surface area (Å²) in [5.74, 6) is 0.708. The summed E-state index contributed by atoms with van der Waals surface area (Å²) in [5.41, 5.74) is 7.82. The van der Waals surface area contributed by atoms with E-state index in [1.54, 1.807) is 0 Å². The first kappa shape index (κ1) is 16.7. The zero-order valence-electron chi connectivity index (χ0n) is 15.4. The molecule has 5 rings (SSSR count). The minimum atomic E-state index is 0.708. The van der Waals surface area contributed by atoms with Crippen molar-refractivity contribution in [3.8, 4) is 22.5 Å². The van der Waals surface area contributed by atoms with Crippen molar-refractivity contribution in [2.24, 2.45) is 0 Å². The van der Waals surface area contributed by atoms with Gasteiger partial charge in [0.2, 0.25) is 0 Å². The van der Waals surface area contributed by atoms with E-state index in [2.05, 4.69) is 39.0 Å². The Morgan fingerprint density at radius 1 is 1.26 bits per heavy atom. The summed E-state index contributed by atoms with van der Waals surface area (Å²) in [6.45, 7) is 2.26. The molecule has 3 heterocycles. The molecule has 1 saturated heterocycles. The highest BCUT2D eigenvalue weighted by Crippen LogP contribution is 2.46. The molecule has 0 amide bonds. The minimum absolute atomic E-state index is 0.708. The molecule has 2 aromatic heterocycles. The molecule has 0 unspecified atom stereocenters. The molecule has 27 heavy (non-hydrogen) atoms. The summed E-state index contributed by atoms with van der Waals surface area (Å²) in [6, 6.07) is 8.53. The van der Waals surface area contributed by atoms with E-state index in [9.17, 15) is 0 Å². The van der Waals surface area contributed by atoms with Gasteiger partial charge in [-0.25, -0.2) is 0 Å². The van der Waals surface area contributed by atoms with Crippen LogP contribution in [0, 0.1) is 5.41 Å². The number of anilines is 1. The first-order chi connectivity index (χ1) is 13.3. The number of H-pyrrole nitrogens is 1. The number of piperidine rings is 1. The first-order valence-electron chi connectivity index (χ1n) is 9.52. The molecule has 4 N–H and O–H groups in total. The largest absolute Gasteiger partial charge is 0.388 e. The van der Waals surface area contributed by atoms with Gasteiger partial charge in [0.15, 0.2) is 0 Å². The molecule has 0 saturated carbocycles. The zero-order valence-corrected chi connectivity index (χ0v) is 16.2. The summed E-state index contributed by atoms with van der Waals surface area (Å²) < 4.78 is 0. The summed E-state index contributed by atoms with van der Waals surface area (Å²) in [4.78, 5) is 3.01. The Morgan fingerprint density at radius 2 is 2.11 bits per heavy atom. The van der Waals surface area contributed by atoms with Crippen molar-refractivity contribution in [2.45, 2.75) is 25.2 Å². The Bertz CT molecular complexity index is 1010. The van der Waals surface area contributed by atoms with Crippen LogP contribution in [0.3, 0.4) is 0 Å². The van der Waals surface area contributed by atoms with Crippen molar-refractivity contribution in [3.63, 3.8) is 0 Å². The lowest BCUT2D eigenvalue weighted by atomic mass is 9.96. The van der Waals surface area contributed by atoms with E-state index in [0.29, 0.717) is 5.92 Å². The normalized spacial score (nSPS) is 16.2. The van der Waals surface area contributed by atoms with E-state index in [1.807, 2.05) is 24.5 Å². The summed E-state index contributed by atoms with van der Waals surface area (Å²) >= 11 is 1.99. The average Bonchev–Trinajstić information content (AvgIpc) is 3.39. The fraction of sp³-hybridized carbons (Fsp3) is 0.333. The average molecular weight is 378 g/mol. The summed E-state index contributed by atoms with van der Waals surface area (Å²) in [6.07, 6.45) is 4.83. The fourth-order valence-corrected chi connectivity index (χ4v) is 5.66. The molecule has 1 fully saturated rings. The second-order valence-electron chi connectivity index (χ2n) is 7.31. The van der Waals surface area contributed by atoms with Crippen LogP contribution in [0.1, 0.15) is 39.6 Å². The maximum absolute atomic E-state index is 7.54. The van der Waals surface area contributed by atoms with Gasteiger partial charge in [-0.15, -0.1) is 11.3 Å². The van der Waals surface area contributed by atoms with E-state index < -0.39 is 0 Å². The van der Waals surface area contributed by atoms with Gasteiger partial charge in [0.25, 0.3) is 0 Å². The van der Waals surface area contributed by atoms with Crippen molar-refractivity contribution < 1.29 is 0 Å². The van der Waals surface area contributed by atoms with Crippen molar-refractivity contribution >= 4 is 23.2 Å². The van der Waals surface area contributed by atoms with Crippen molar-refractivity contribution in [2.75, 3.05) is 25.5 Å². The van der Waals surface area contributed by atoms with Gasteiger partial charge >= 0.3 is 0 Å². The van der Waals surface area contributed by atoms with Crippen LogP contribution in [-0.4, -0.2) is 36.5 Å². The molecule has 0 bridgehead atoms. The second-order valence-corrected chi connectivity index (χ2v) is 8.48. The fourth-order valence-electron chi connectivity index (χ4n) is 4.31. The molecule has 0 radical (unpaired) electrons. The van der Waals surface area contributed by atoms with Crippen LogP contribution in [0.4, 0.5) is 5.69 Å². The van der Waals surface area contributed by atoms with Crippen molar-refractivity contribution in [1.29, 1.82) is 5.41 Å². The van der Waals surface area contributed by atoms with E-state index >= 15 is 0 Å². The van der Waals surface area contributed by atoms with Gasteiger partial charge in [0.05, 0.1) is 11.4 Å². The number of thiophene rings is 1. The van der Waals surface area contributed by atoms with Crippen molar-refractivity contribution in [1.82, 2.24) is 15.5 Å². The zero-order chi connectivity index (χ0) is 18.4. The molecular weight excluding hydrogens is 354 g/mol. The van der Waals surface area contributed by atoms with Gasteiger partial charge in [-0.1, -0.05) is 12.1 Å². The van der Waals surface area contributed by atoms with Crippen LogP contribution in [0.25, 0.3) is 22.5 Å². The Balaban J connectivity index is 1.49. The number of fused-ring (bicyclic) bond motifs is 3. The predicted octanol–water partition coefficient (Wildman–Crippen LogP) is 4.22. The van der Waals surface area contributed by atoms with E-state index in [-0.39, 0.29) is 0 Å². The first-order valence-corrected chi connectivity index (χ1v) is 10.3. The highest BCUT2D eigenvalue weighted by molar-refractivity contribution is 7.12. The van der Waals surface area contributed by atoms with Crippen molar-refractivity contribution in [3.05, 3.63) is 45.1 Å². The third-order valence-corrected chi connectivity index (χ3v) is 7.09. The topological polar surface area (TPSA) is 76.6 Å². The number of nitrogens with zero attached hydrogens (tertiary/aromatic N) is 1. The summed E-state index contributed by atoms with van der Waals surface area (Å²) in [7, 11) is 1.89. The number of aromatic amines is 1. The minimum Gasteiger partial charge on any atom is -0.388 e. The molecule has 0 atom stereocenters. The third kappa shape index (κ3) is 2.71. The number of rotatable bonds is 4. The maximum atomic E-state index is 7.54. The molecule has 138 valence electrons. The van der Waals surface area contributed by atoms with E-state index in [4.69, 9.17) is 5.41 Å². The number of hydrogen-bond donors (Lipinski definition) is 4. The quantitative estimate of drug-likeness (QED) is 0.402. The molecular formula is C21H23N5S. The predicted molar refractivity (Wildman–Crippen MR) is 112 cm³/mol. The van der Waals surface area contributed by atoms with Crippen LogP contribution < -0.4 is 10.6 Å². The number of aromatic nitrogens is 2. The van der Waals surface area contributed by atoms with Gasteiger partial charge in [-0.2, -0.15) is 5.10 Å². The molecule has 6 heteroatoms. The van der Waals surface area contributed by atoms with Gasteiger partial charge in [0, 0.05) is 57.4 Å². The molecule has 0 spiro atoms. The standard InChI is InChI=1S/C21H23N5S/c1-23-17-8-13(2-3-14(17)11-22)20-16-10-19-15(21(16)26-25-20)9-18(27-19)12-4-6-24-7-5-12/h2-3,8-9,11-12,22-24H,4-7,10H2,1H3,(H,25,26). The molecule has 1 aliphatic carbocycles. The third-order valence-electron chi connectivity index (χ3n) is 5.79. The van der Waals surface area contributed by atoms with Gasteiger partial charge in [-0.3, -0.25) is 5.10 Å². The highest BCUT2D eigenvalue weighted by Gasteiger charge is 2.29. The van der Waals surface area contributed by atoms with Gasteiger partial charge < -0.3 is 16.0 Å². The molecule has 2 aliphatic rings. The van der Waals surface area contributed by atoms with E-state index in [0.717, 1.165) is 42.0 Å². The Hall–Kier alpha value is -2.44. The molecule has 3 aromatic rings. The number of hydrogen-bond acceptors (Lipinski definition) is 5. The van der Waals surface area contributed by atoms with E-state index in [1.165, 1.54) is 45.6 Å². The lowest BCUT2D eigenvalue weighted by Crippen LogP contribution is -2.26. The molecule has 1 aromatic carbocycles. The summed E-state index contributed by atoms with van der Waals surface area (Å²) in [5, 5.41) is 22.1. The Labute approximate surface area is 162 Å². The SMILES string of the molecule is CNc1cc(-c2n[nH]c3c2Cc2sc(C4CCNCC4)cc2-3)ccc1C=N. The van der Waals surface area contributed by atoms with Crippen LogP contribution in [0.15, 0.2) is 24.3 Å². The number of nitrogens with one attached hydrogen (secondary N) is 4.